The summed E-state index contributed by atoms with van der Waals surface area (Å²) in [7, 11) is 0. The summed E-state index contributed by atoms with van der Waals surface area (Å²) in [6.07, 6.45) is 1.79. The fraction of sp³-hybridized carbons (Fsp3) is 0.0222. The second-order valence-electron chi connectivity index (χ2n) is 11.8. The largest absolute Gasteiger partial charge is 0.332 e. The molecule has 6 aromatic carbocycles. The zero-order valence-electron chi connectivity index (χ0n) is 27.2. The maximum Gasteiger partial charge on any atom is 0.0774 e. The number of aromatic nitrogens is 3. The van der Waals surface area contributed by atoms with Gasteiger partial charge in [0.15, 0.2) is 0 Å². The van der Waals surface area contributed by atoms with Crippen molar-refractivity contribution in [3.05, 3.63) is 187 Å². The molecule has 0 aliphatic rings. The molecule has 9 aromatic rings. The number of thiophene rings is 1. The topological polar surface area (TPSA) is 30.7 Å². The zero-order valence-corrected chi connectivity index (χ0v) is 30.5. The van der Waals surface area contributed by atoms with Crippen LogP contribution in [0.1, 0.15) is 5.56 Å². The Kier molecular flexibility index (Phi) is 9.91. The van der Waals surface area contributed by atoms with Gasteiger partial charge in [0, 0.05) is 37.4 Å². The third-order valence-corrected chi connectivity index (χ3v) is 9.38. The molecule has 3 nitrogen and oxygen atoms in total. The van der Waals surface area contributed by atoms with Gasteiger partial charge in [-0.1, -0.05) is 119 Å². The van der Waals surface area contributed by atoms with Gasteiger partial charge in [0.2, 0.25) is 0 Å². The van der Waals surface area contributed by atoms with Gasteiger partial charge in [0.25, 0.3) is 0 Å². The molecule has 0 unspecified atom stereocenters. The molecule has 0 saturated carbocycles. The summed E-state index contributed by atoms with van der Waals surface area (Å²) in [5.41, 5.74) is 12.2. The smallest absolute Gasteiger partial charge is 0.0774 e. The standard InChI is InChI=1S/C34H23N2S.C11H8N.Ir/c1-23-20-27(24-12-4-2-5-13-24)33(28(21-23)25-14-6-3-7-15-25)36-31-18-10-9-17-30(31)35-34(36)29-22-37-32-19-11-8-16-26(29)32;1-2-6-10(7-3-1)11-8-4-5-9-12-11;/h2-21H,1H3;1-6,8-9H;/q2*-1;. The van der Waals surface area contributed by atoms with Crippen LogP contribution < -0.4 is 0 Å². The average molecular weight is 838 g/mol. The summed E-state index contributed by atoms with van der Waals surface area (Å²) in [6, 6.07) is 59.7. The van der Waals surface area contributed by atoms with E-state index in [4.69, 9.17) is 4.98 Å². The van der Waals surface area contributed by atoms with E-state index in [1.54, 1.807) is 17.5 Å². The van der Waals surface area contributed by atoms with Gasteiger partial charge >= 0.3 is 0 Å². The van der Waals surface area contributed by atoms with Crippen LogP contribution in [-0.4, -0.2) is 14.5 Å². The van der Waals surface area contributed by atoms with E-state index in [-0.39, 0.29) is 20.1 Å². The van der Waals surface area contributed by atoms with Crippen LogP contribution in [0.15, 0.2) is 170 Å². The molecule has 243 valence electrons. The van der Waals surface area contributed by atoms with Crippen LogP contribution in [0.4, 0.5) is 0 Å². The quantitative estimate of drug-likeness (QED) is 0.162. The van der Waals surface area contributed by atoms with Gasteiger partial charge in [-0.15, -0.1) is 47.3 Å². The van der Waals surface area contributed by atoms with Crippen LogP contribution in [0.5, 0.6) is 0 Å². The minimum absolute atomic E-state index is 0. The third kappa shape index (κ3) is 6.59. The van der Waals surface area contributed by atoms with Crippen LogP contribution in [-0.2, 0) is 20.1 Å². The van der Waals surface area contributed by atoms with Crippen LogP contribution in [0, 0.1) is 18.4 Å². The van der Waals surface area contributed by atoms with Gasteiger partial charge in [-0.3, -0.25) is 16.3 Å². The number of para-hydroxylation sites is 2. The Labute approximate surface area is 309 Å². The molecule has 9 rings (SSSR count). The molecule has 0 aliphatic carbocycles. The van der Waals surface area contributed by atoms with E-state index in [1.807, 2.05) is 42.5 Å². The molecule has 1 radical (unpaired) electrons. The molecule has 3 aromatic heterocycles. The van der Waals surface area contributed by atoms with Gasteiger partial charge in [0.1, 0.15) is 0 Å². The molecule has 0 amide bonds. The Morgan fingerprint density at radius 3 is 1.96 bits per heavy atom. The predicted octanol–water partition coefficient (Wildman–Crippen LogP) is 11.9. The van der Waals surface area contributed by atoms with Crippen molar-refractivity contribution in [3.63, 3.8) is 0 Å². The minimum Gasteiger partial charge on any atom is -0.332 e. The molecule has 0 saturated heterocycles. The summed E-state index contributed by atoms with van der Waals surface area (Å²) in [5.74, 6) is 0.914. The first-order valence-electron chi connectivity index (χ1n) is 16.3. The number of pyridine rings is 1. The summed E-state index contributed by atoms with van der Waals surface area (Å²) < 4.78 is 3.57. The molecule has 0 fully saturated rings. The number of rotatable bonds is 5. The van der Waals surface area contributed by atoms with E-state index in [9.17, 15) is 0 Å². The monoisotopic (exact) mass is 838 g/mol. The van der Waals surface area contributed by atoms with Crippen molar-refractivity contribution in [1.82, 2.24) is 14.5 Å². The molecular weight excluding hydrogens is 807 g/mol. The summed E-state index contributed by atoms with van der Waals surface area (Å²) in [6.45, 7) is 2.18. The van der Waals surface area contributed by atoms with E-state index in [1.165, 1.54) is 37.9 Å². The maximum atomic E-state index is 5.21. The Balaban J connectivity index is 0.000000255. The predicted molar refractivity (Wildman–Crippen MR) is 205 cm³/mol. The number of fused-ring (bicyclic) bond motifs is 2. The number of nitrogens with zero attached hydrogens (tertiary/aromatic N) is 3. The van der Waals surface area contributed by atoms with Gasteiger partial charge < -0.3 is 9.55 Å². The average Bonchev–Trinajstić information content (AvgIpc) is 3.78. The first kappa shape index (κ1) is 33.1. The molecule has 0 atom stereocenters. The zero-order chi connectivity index (χ0) is 33.0. The Hall–Kier alpha value is -5.45. The summed E-state index contributed by atoms with van der Waals surface area (Å²) in [4.78, 5) is 9.43. The van der Waals surface area contributed by atoms with E-state index in [0.717, 1.165) is 39.4 Å². The van der Waals surface area contributed by atoms with Crippen molar-refractivity contribution < 1.29 is 20.1 Å². The van der Waals surface area contributed by atoms with Gasteiger partial charge in [0.05, 0.1) is 22.5 Å². The van der Waals surface area contributed by atoms with Crippen LogP contribution >= 0.6 is 11.3 Å². The number of hydrogen-bond donors (Lipinski definition) is 0. The number of imidazole rings is 1. The first-order chi connectivity index (χ1) is 24.2. The minimum atomic E-state index is 0. The second-order valence-corrected chi connectivity index (χ2v) is 12.6. The molecule has 0 bridgehead atoms. The third-order valence-electron chi connectivity index (χ3n) is 8.50. The molecule has 0 spiro atoms. The first-order valence-corrected chi connectivity index (χ1v) is 17.1. The van der Waals surface area contributed by atoms with Crippen molar-refractivity contribution in [2.24, 2.45) is 0 Å². The summed E-state index contributed by atoms with van der Waals surface area (Å²) in [5, 5.41) is 4.77. The molecule has 0 N–H and O–H groups in total. The fourth-order valence-corrected chi connectivity index (χ4v) is 7.12. The van der Waals surface area contributed by atoms with Crippen molar-refractivity contribution in [2.75, 3.05) is 0 Å². The van der Waals surface area contributed by atoms with E-state index in [2.05, 4.69) is 149 Å². The van der Waals surface area contributed by atoms with Gasteiger partial charge in [-0.25, -0.2) is 0 Å². The van der Waals surface area contributed by atoms with Crippen LogP contribution in [0.3, 0.4) is 0 Å². The van der Waals surface area contributed by atoms with Crippen molar-refractivity contribution in [1.29, 1.82) is 0 Å². The molecular formula is C45H31IrN3S-2. The SMILES string of the molecule is Cc1cc(-c2ccccc2)c(-n2c(-c3[c-]sc4ccccc34)nc3ccccc32)c(-c2ccccc2)c1.[Ir].[c-]1ccccc1-c1ccccn1. The normalized spacial score (nSPS) is 10.7. The number of benzene rings is 6. The molecule has 0 aliphatic heterocycles. The van der Waals surface area contributed by atoms with E-state index in [0.29, 0.717) is 0 Å². The summed E-state index contributed by atoms with van der Waals surface area (Å²) >= 11 is 1.65. The number of aryl methyl sites for hydroxylation is 1. The van der Waals surface area contributed by atoms with Crippen molar-refractivity contribution >= 4 is 32.5 Å². The van der Waals surface area contributed by atoms with E-state index < -0.39 is 0 Å². The number of hydrogen-bond acceptors (Lipinski definition) is 3. The van der Waals surface area contributed by atoms with Crippen molar-refractivity contribution in [3.8, 4) is 50.6 Å². The van der Waals surface area contributed by atoms with Gasteiger partial charge in [-0.05, 0) is 59.6 Å². The van der Waals surface area contributed by atoms with Crippen LogP contribution in [0.2, 0.25) is 0 Å². The van der Waals surface area contributed by atoms with Gasteiger partial charge in [-0.2, -0.15) is 0 Å². The Bertz CT molecular complexity index is 2390. The molecule has 5 heteroatoms. The maximum absolute atomic E-state index is 5.21. The second kappa shape index (κ2) is 15.0. The Morgan fingerprint density at radius 1 is 0.640 bits per heavy atom. The fourth-order valence-electron chi connectivity index (χ4n) is 6.28. The Morgan fingerprint density at radius 2 is 1.28 bits per heavy atom. The van der Waals surface area contributed by atoms with E-state index >= 15 is 0 Å². The molecule has 50 heavy (non-hydrogen) atoms. The van der Waals surface area contributed by atoms with Crippen molar-refractivity contribution in [2.45, 2.75) is 6.92 Å². The molecule has 3 heterocycles. The van der Waals surface area contributed by atoms with Crippen LogP contribution in [0.25, 0.3) is 71.7 Å².